The molecule has 1 rings (SSSR count). The normalized spacial score (nSPS) is 18.4. The average Bonchev–Trinajstić information content (AvgIpc) is 2.80. The molecule has 3 N–H and O–H groups in total. The lowest BCUT2D eigenvalue weighted by Crippen LogP contribution is -2.33. The Labute approximate surface area is 74.4 Å². The highest BCUT2D eigenvalue weighted by atomic mass is 15.1. The maximum atomic E-state index is 5.64. The van der Waals surface area contributed by atoms with Crippen LogP contribution in [-0.2, 0) is 0 Å². The summed E-state index contributed by atoms with van der Waals surface area (Å²) < 4.78 is 0. The molecule has 70 valence electrons. The number of aliphatic imine (C=N–C) groups is 1. The van der Waals surface area contributed by atoms with Gasteiger partial charge in [-0.05, 0) is 24.7 Å². The Morgan fingerprint density at radius 1 is 1.58 bits per heavy atom. The minimum absolute atomic E-state index is 0.589. The highest BCUT2D eigenvalue weighted by Gasteiger charge is 2.20. The Kier molecular flexibility index (Phi) is 3.38. The summed E-state index contributed by atoms with van der Waals surface area (Å²) in [6.45, 7) is 6.10. The maximum Gasteiger partial charge on any atom is 0.188 e. The predicted octanol–water partition coefficient (Wildman–Crippen LogP) is 0.957. The van der Waals surface area contributed by atoms with Gasteiger partial charge in [0.05, 0.1) is 0 Å². The molecule has 0 saturated heterocycles. The first-order valence-electron chi connectivity index (χ1n) is 4.72. The summed E-state index contributed by atoms with van der Waals surface area (Å²) in [4.78, 5) is 4.21. The fourth-order valence-electron chi connectivity index (χ4n) is 0.908. The van der Waals surface area contributed by atoms with Crippen LogP contribution < -0.4 is 11.1 Å². The Balaban J connectivity index is 2.07. The van der Waals surface area contributed by atoms with E-state index in [0.29, 0.717) is 11.9 Å². The van der Waals surface area contributed by atoms with E-state index in [0.717, 1.165) is 19.0 Å². The van der Waals surface area contributed by atoms with E-state index in [2.05, 4.69) is 24.2 Å². The van der Waals surface area contributed by atoms with Crippen LogP contribution in [-0.4, -0.2) is 19.0 Å². The number of guanidine groups is 1. The zero-order valence-electron chi connectivity index (χ0n) is 8.01. The second kappa shape index (κ2) is 4.33. The molecular weight excluding hydrogens is 150 g/mol. The predicted molar refractivity (Wildman–Crippen MR) is 52.1 cm³/mol. The van der Waals surface area contributed by atoms with Gasteiger partial charge in [-0.1, -0.05) is 13.8 Å². The van der Waals surface area contributed by atoms with Crippen molar-refractivity contribution in [3.63, 3.8) is 0 Å². The van der Waals surface area contributed by atoms with E-state index in [1.54, 1.807) is 0 Å². The summed E-state index contributed by atoms with van der Waals surface area (Å²) in [7, 11) is 0. The average molecular weight is 169 g/mol. The first kappa shape index (κ1) is 9.36. The smallest absolute Gasteiger partial charge is 0.188 e. The number of hydrogen-bond acceptors (Lipinski definition) is 1. The lowest BCUT2D eigenvalue weighted by molar-refractivity contribution is 0.659. The Hall–Kier alpha value is -0.730. The molecule has 0 aromatic heterocycles. The monoisotopic (exact) mass is 169 g/mol. The summed E-state index contributed by atoms with van der Waals surface area (Å²) in [6, 6.07) is 0. The van der Waals surface area contributed by atoms with Crippen molar-refractivity contribution in [2.75, 3.05) is 13.1 Å². The lowest BCUT2D eigenvalue weighted by atomic mass is 10.2. The molecule has 0 radical (unpaired) electrons. The van der Waals surface area contributed by atoms with Crippen molar-refractivity contribution in [3.05, 3.63) is 0 Å². The van der Waals surface area contributed by atoms with Crippen molar-refractivity contribution in [3.8, 4) is 0 Å². The summed E-state index contributed by atoms with van der Waals surface area (Å²) in [5, 5.41) is 3.13. The molecule has 0 unspecified atom stereocenters. The third kappa shape index (κ3) is 4.21. The molecule has 0 atom stereocenters. The van der Waals surface area contributed by atoms with Crippen LogP contribution in [0.4, 0.5) is 0 Å². The van der Waals surface area contributed by atoms with Crippen molar-refractivity contribution >= 4 is 5.96 Å². The highest BCUT2D eigenvalue weighted by molar-refractivity contribution is 5.77. The quantitative estimate of drug-likeness (QED) is 0.486. The van der Waals surface area contributed by atoms with E-state index >= 15 is 0 Å². The number of nitrogens with one attached hydrogen (secondary N) is 1. The van der Waals surface area contributed by atoms with Gasteiger partial charge < -0.3 is 11.1 Å². The lowest BCUT2D eigenvalue weighted by Gasteiger charge is -2.04. The maximum absolute atomic E-state index is 5.64. The summed E-state index contributed by atoms with van der Waals surface area (Å²) >= 11 is 0. The van der Waals surface area contributed by atoms with Crippen LogP contribution in [0.2, 0.25) is 0 Å². The fourth-order valence-corrected chi connectivity index (χ4v) is 0.908. The standard InChI is InChI=1S/C9H19N3/c1-7(2)5-11-9(10)12-6-8-3-4-8/h7-8H,3-6H2,1-2H3,(H3,10,11,12). The molecule has 3 heteroatoms. The third-order valence-electron chi connectivity index (χ3n) is 1.90. The van der Waals surface area contributed by atoms with Crippen LogP contribution >= 0.6 is 0 Å². The molecule has 3 nitrogen and oxygen atoms in total. The minimum atomic E-state index is 0.589. The molecule has 1 fully saturated rings. The third-order valence-corrected chi connectivity index (χ3v) is 1.90. The van der Waals surface area contributed by atoms with Crippen LogP contribution in [0.15, 0.2) is 4.99 Å². The van der Waals surface area contributed by atoms with Gasteiger partial charge in [-0.25, -0.2) is 0 Å². The second-order valence-electron chi connectivity index (χ2n) is 3.94. The molecule has 0 spiro atoms. The van der Waals surface area contributed by atoms with Gasteiger partial charge in [-0.2, -0.15) is 0 Å². The largest absolute Gasteiger partial charge is 0.370 e. The zero-order chi connectivity index (χ0) is 8.97. The van der Waals surface area contributed by atoms with Crippen molar-refractivity contribution in [2.24, 2.45) is 22.6 Å². The molecule has 1 aliphatic rings. The molecule has 1 aliphatic carbocycles. The molecule has 0 heterocycles. The first-order valence-corrected chi connectivity index (χ1v) is 4.72. The first-order chi connectivity index (χ1) is 5.68. The Morgan fingerprint density at radius 3 is 2.75 bits per heavy atom. The number of hydrogen-bond donors (Lipinski definition) is 2. The van der Waals surface area contributed by atoms with E-state index in [4.69, 9.17) is 5.73 Å². The van der Waals surface area contributed by atoms with Crippen LogP contribution in [0.1, 0.15) is 26.7 Å². The van der Waals surface area contributed by atoms with Gasteiger partial charge >= 0.3 is 0 Å². The van der Waals surface area contributed by atoms with Gasteiger partial charge in [-0.15, -0.1) is 0 Å². The molecule has 0 amide bonds. The van der Waals surface area contributed by atoms with Gasteiger partial charge in [0.2, 0.25) is 0 Å². The summed E-state index contributed by atoms with van der Waals surface area (Å²) in [5.74, 6) is 2.06. The van der Waals surface area contributed by atoms with Crippen LogP contribution in [0.3, 0.4) is 0 Å². The van der Waals surface area contributed by atoms with Crippen LogP contribution in [0, 0.1) is 11.8 Å². The molecule has 0 aromatic rings. The molecule has 0 bridgehead atoms. The van der Waals surface area contributed by atoms with Crippen molar-refractivity contribution in [1.82, 2.24) is 5.32 Å². The zero-order valence-corrected chi connectivity index (χ0v) is 8.01. The molecular formula is C9H19N3. The molecule has 12 heavy (non-hydrogen) atoms. The fraction of sp³-hybridized carbons (Fsp3) is 0.889. The van der Waals surface area contributed by atoms with E-state index in [-0.39, 0.29) is 0 Å². The second-order valence-corrected chi connectivity index (χ2v) is 3.94. The SMILES string of the molecule is CC(C)CN=C(N)NCC1CC1. The Morgan fingerprint density at radius 2 is 2.25 bits per heavy atom. The van der Waals surface area contributed by atoms with Crippen LogP contribution in [0.5, 0.6) is 0 Å². The number of nitrogens with two attached hydrogens (primary N) is 1. The van der Waals surface area contributed by atoms with Gasteiger partial charge in [0.15, 0.2) is 5.96 Å². The van der Waals surface area contributed by atoms with Crippen molar-refractivity contribution in [2.45, 2.75) is 26.7 Å². The minimum Gasteiger partial charge on any atom is -0.370 e. The molecule has 1 saturated carbocycles. The van der Waals surface area contributed by atoms with Gasteiger partial charge in [0.25, 0.3) is 0 Å². The van der Waals surface area contributed by atoms with Crippen LogP contribution in [0.25, 0.3) is 0 Å². The number of nitrogens with zero attached hydrogens (tertiary/aromatic N) is 1. The topological polar surface area (TPSA) is 50.4 Å². The van der Waals surface area contributed by atoms with E-state index in [9.17, 15) is 0 Å². The summed E-state index contributed by atoms with van der Waals surface area (Å²) in [5.41, 5.74) is 5.64. The van der Waals surface area contributed by atoms with E-state index < -0.39 is 0 Å². The molecule has 0 aromatic carbocycles. The number of rotatable bonds is 4. The van der Waals surface area contributed by atoms with E-state index in [1.807, 2.05) is 0 Å². The summed E-state index contributed by atoms with van der Waals surface area (Å²) in [6.07, 6.45) is 2.70. The van der Waals surface area contributed by atoms with Gasteiger partial charge in [-0.3, -0.25) is 4.99 Å². The van der Waals surface area contributed by atoms with E-state index in [1.165, 1.54) is 12.8 Å². The highest BCUT2D eigenvalue weighted by Crippen LogP contribution is 2.27. The van der Waals surface area contributed by atoms with Crippen molar-refractivity contribution < 1.29 is 0 Å². The Bertz CT molecular complexity index is 159. The van der Waals surface area contributed by atoms with Crippen molar-refractivity contribution in [1.29, 1.82) is 0 Å². The van der Waals surface area contributed by atoms with Gasteiger partial charge in [0, 0.05) is 13.1 Å². The molecule has 0 aliphatic heterocycles. The van der Waals surface area contributed by atoms with Gasteiger partial charge in [0.1, 0.15) is 0 Å².